The molecule has 1 unspecified atom stereocenters. The van der Waals surface area contributed by atoms with Crippen LogP contribution in [0.25, 0.3) is 0 Å². The molecule has 1 saturated carbocycles. The molecule has 112 valence electrons. The summed E-state index contributed by atoms with van der Waals surface area (Å²) in [6.45, 7) is 1.93. The summed E-state index contributed by atoms with van der Waals surface area (Å²) in [5.41, 5.74) is 1.38. The molecule has 1 saturated heterocycles. The Hall–Kier alpha value is -1.88. The molecule has 2 fully saturated rings. The average molecular weight is 287 g/mol. The summed E-state index contributed by atoms with van der Waals surface area (Å²) in [6.07, 6.45) is 3.77. The van der Waals surface area contributed by atoms with Crippen LogP contribution >= 0.6 is 0 Å². The minimum atomic E-state index is -0.0348. The van der Waals surface area contributed by atoms with Gasteiger partial charge in [0.05, 0.1) is 0 Å². The second kappa shape index (κ2) is 6.26. The van der Waals surface area contributed by atoms with Crippen molar-refractivity contribution in [3.63, 3.8) is 0 Å². The van der Waals surface area contributed by atoms with E-state index < -0.39 is 0 Å². The van der Waals surface area contributed by atoms with Crippen molar-refractivity contribution in [3.05, 3.63) is 29.8 Å². The summed E-state index contributed by atoms with van der Waals surface area (Å²) in [4.78, 5) is 23.8. The van der Waals surface area contributed by atoms with Crippen LogP contribution in [0.3, 0.4) is 0 Å². The molecular formula is C16H21N3O2. The zero-order valence-corrected chi connectivity index (χ0v) is 12.0. The standard InChI is InChI=1S/C16H21N3O2/c20-15(9-11-7-8-17-10-11)18-13-3-1-12(2-4-13)16(21)19-14-5-6-14/h1-4,11,14,17H,5-10H2,(H,18,20)(H,19,21). The highest BCUT2D eigenvalue weighted by molar-refractivity contribution is 5.96. The maximum Gasteiger partial charge on any atom is 0.251 e. The number of carbonyl (C=O) groups excluding carboxylic acids is 2. The van der Waals surface area contributed by atoms with Gasteiger partial charge in [0.2, 0.25) is 5.91 Å². The number of hydrogen-bond donors (Lipinski definition) is 3. The Labute approximate surface area is 124 Å². The average Bonchev–Trinajstić information content (AvgIpc) is 3.13. The molecule has 3 rings (SSSR count). The Balaban J connectivity index is 1.51. The summed E-state index contributed by atoms with van der Waals surface area (Å²) in [5.74, 6) is 0.444. The zero-order chi connectivity index (χ0) is 14.7. The van der Waals surface area contributed by atoms with Gasteiger partial charge in [0.25, 0.3) is 5.91 Å². The fourth-order valence-electron chi connectivity index (χ4n) is 2.56. The molecule has 1 aromatic rings. The molecule has 5 nitrogen and oxygen atoms in total. The van der Waals surface area contributed by atoms with Gasteiger partial charge in [-0.15, -0.1) is 0 Å². The number of carbonyl (C=O) groups is 2. The molecule has 0 aromatic heterocycles. The van der Waals surface area contributed by atoms with Crippen molar-refractivity contribution >= 4 is 17.5 Å². The van der Waals surface area contributed by atoms with E-state index in [1.165, 1.54) is 0 Å². The fourth-order valence-corrected chi connectivity index (χ4v) is 2.56. The number of nitrogens with one attached hydrogen (secondary N) is 3. The normalized spacial score (nSPS) is 21.0. The van der Waals surface area contributed by atoms with Crippen molar-refractivity contribution in [1.82, 2.24) is 10.6 Å². The molecule has 1 atom stereocenters. The zero-order valence-electron chi connectivity index (χ0n) is 12.0. The molecule has 5 heteroatoms. The molecule has 1 aliphatic carbocycles. The van der Waals surface area contributed by atoms with Gasteiger partial charge in [-0.3, -0.25) is 9.59 Å². The maximum absolute atomic E-state index is 11.9. The van der Waals surface area contributed by atoms with Crippen molar-refractivity contribution in [2.45, 2.75) is 31.7 Å². The lowest BCUT2D eigenvalue weighted by Gasteiger charge is -2.10. The third kappa shape index (κ3) is 4.04. The number of amides is 2. The summed E-state index contributed by atoms with van der Waals surface area (Å²) in [6, 6.07) is 7.44. The van der Waals surface area contributed by atoms with Crippen LogP contribution in [0.2, 0.25) is 0 Å². The van der Waals surface area contributed by atoms with Crippen LogP contribution in [0.1, 0.15) is 36.0 Å². The van der Waals surface area contributed by atoms with Gasteiger partial charge in [0.1, 0.15) is 0 Å². The lowest BCUT2D eigenvalue weighted by Crippen LogP contribution is -2.25. The highest BCUT2D eigenvalue weighted by atomic mass is 16.2. The van der Waals surface area contributed by atoms with E-state index in [-0.39, 0.29) is 11.8 Å². The van der Waals surface area contributed by atoms with E-state index in [9.17, 15) is 9.59 Å². The smallest absolute Gasteiger partial charge is 0.251 e. The van der Waals surface area contributed by atoms with Gasteiger partial charge < -0.3 is 16.0 Å². The van der Waals surface area contributed by atoms with Crippen LogP contribution in [-0.2, 0) is 4.79 Å². The quantitative estimate of drug-likeness (QED) is 0.769. The van der Waals surface area contributed by atoms with Crippen LogP contribution in [0.15, 0.2) is 24.3 Å². The number of anilines is 1. The van der Waals surface area contributed by atoms with E-state index in [2.05, 4.69) is 16.0 Å². The van der Waals surface area contributed by atoms with Gasteiger partial charge in [0, 0.05) is 23.7 Å². The molecule has 2 aliphatic rings. The first kappa shape index (κ1) is 14.1. The molecule has 1 aliphatic heterocycles. The van der Waals surface area contributed by atoms with Crippen molar-refractivity contribution in [1.29, 1.82) is 0 Å². The Bertz CT molecular complexity index is 517. The Morgan fingerprint density at radius 3 is 2.52 bits per heavy atom. The van der Waals surface area contributed by atoms with Gasteiger partial charge in [-0.25, -0.2) is 0 Å². The van der Waals surface area contributed by atoms with Gasteiger partial charge in [-0.05, 0) is 62.5 Å². The summed E-state index contributed by atoms with van der Waals surface area (Å²) in [7, 11) is 0. The van der Waals surface area contributed by atoms with E-state index in [0.717, 1.165) is 38.0 Å². The molecule has 2 amide bonds. The molecule has 3 N–H and O–H groups in total. The Kier molecular flexibility index (Phi) is 4.20. The van der Waals surface area contributed by atoms with Gasteiger partial charge >= 0.3 is 0 Å². The first-order chi connectivity index (χ1) is 10.2. The van der Waals surface area contributed by atoms with E-state index >= 15 is 0 Å². The third-order valence-corrected chi connectivity index (χ3v) is 3.98. The van der Waals surface area contributed by atoms with Crippen molar-refractivity contribution in [3.8, 4) is 0 Å². The van der Waals surface area contributed by atoms with E-state index in [0.29, 0.717) is 23.9 Å². The van der Waals surface area contributed by atoms with Gasteiger partial charge in [-0.2, -0.15) is 0 Å². The fraction of sp³-hybridized carbons (Fsp3) is 0.500. The summed E-state index contributed by atoms with van der Waals surface area (Å²) in [5, 5.41) is 9.09. The topological polar surface area (TPSA) is 70.2 Å². The first-order valence-electron chi connectivity index (χ1n) is 7.62. The van der Waals surface area contributed by atoms with Gasteiger partial charge in [-0.1, -0.05) is 0 Å². The predicted octanol–water partition coefficient (Wildman–Crippen LogP) is 1.52. The van der Waals surface area contributed by atoms with Crippen LogP contribution in [0.5, 0.6) is 0 Å². The van der Waals surface area contributed by atoms with E-state index in [4.69, 9.17) is 0 Å². The minimum Gasteiger partial charge on any atom is -0.349 e. The molecule has 1 heterocycles. The second-order valence-corrected chi connectivity index (χ2v) is 5.94. The van der Waals surface area contributed by atoms with Crippen molar-refractivity contribution in [2.75, 3.05) is 18.4 Å². The molecule has 0 radical (unpaired) electrons. The van der Waals surface area contributed by atoms with Crippen molar-refractivity contribution < 1.29 is 9.59 Å². The largest absolute Gasteiger partial charge is 0.349 e. The molecule has 21 heavy (non-hydrogen) atoms. The monoisotopic (exact) mass is 287 g/mol. The lowest BCUT2D eigenvalue weighted by atomic mass is 10.0. The minimum absolute atomic E-state index is 0.0348. The summed E-state index contributed by atoms with van der Waals surface area (Å²) >= 11 is 0. The van der Waals surface area contributed by atoms with Crippen LogP contribution in [0.4, 0.5) is 5.69 Å². The van der Waals surface area contributed by atoms with Crippen LogP contribution in [0, 0.1) is 5.92 Å². The first-order valence-corrected chi connectivity index (χ1v) is 7.62. The highest BCUT2D eigenvalue weighted by Crippen LogP contribution is 2.20. The van der Waals surface area contributed by atoms with E-state index in [1.807, 2.05) is 0 Å². The molecular weight excluding hydrogens is 266 g/mol. The summed E-state index contributed by atoms with van der Waals surface area (Å²) < 4.78 is 0. The van der Waals surface area contributed by atoms with Gasteiger partial charge in [0.15, 0.2) is 0 Å². The number of rotatable bonds is 5. The second-order valence-electron chi connectivity index (χ2n) is 5.94. The Morgan fingerprint density at radius 2 is 1.90 bits per heavy atom. The third-order valence-electron chi connectivity index (χ3n) is 3.98. The van der Waals surface area contributed by atoms with E-state index in [1.54, 1.807) is 24.3 Å². The predicted molar refractivity (Wildman–Crippen MR) is 81.2 cm³/mol. The number of hydrogen-bond acceptors (Lipinski definition) is 3. The molecule has 0 spiro atoms. The van der Waals surface area contributed by atoms with Crippen LogP contribution < -0.4 is 16.0 Å². The molecule has 1 aromatic carbocycles. The Morgan fingerprint density at radius 1 is 1.14 bits per heavy atom. The molecule has 0 bridgehead atoms. The maximum atomic E-state index is 11.9. The SMILES string of the molecule is O=C(CC1CCNC1)Nc1ccc(C(=O)NC2CC2)cc1. The lowest BCUT2D eigenvalue weighted by molar-refractivity contribution is -0.116. The highest BCUT2D eigenvalue weighted by Gasteiger charge is 2.23. The van der Waals surface area contributed by atoms with Crippen LogP contribution in [-0.4, -0.2) is 30.9 Å². The van der Waals surface area contributed by atoms with Crippen molar-refractivity contribution in [2.24, 2.45) is 5.92 Å². The number of benzene rings is 1.